The van der Waals surface area contributed by atoms with Crippen molar-refractivity contribution < 1.29 is 4.79 Å². The Hall–Kier alpha value is -3.18. The molecule has 0 aliphatic carbocycles. The number of amides is 1. The third kappa shape index (κ3) is 3.05. The molecule has 26 heavy (non-hydrogen) atoms. The molecule has 0 spiro atoms. The molecule has 0 aliphatic rings. The van der Waals surface area contributed by atoms with Crippen LogP contribution in [0.25, 0.3) is 28.0 Å². The first kappa shape index (κ1) is 16.3. The maximum atomic E-state index is 11.8. The van der Waals surface area contributed by atoms with E-state index in [0.717, 1.165) is 28.0 Å². The van der Waals surface area contributed by atoms with E-state index in [4.69, 9.17) is 11.6 Å². The molecule has 2 heterocycles. The fourth-order valence-corrected chi connectivity index (χ4v) is 2.91. The Balaban J connectivity index is 1.74. The van der Waals surface area contributed by atoms with Gasteiger partial charge in [-0.2, -0.15) is 5.10 Å². The van der Waals surface area contributed by atoms with Gasteiger partial charge in [0.1, 0.15) is 6.33 Å². The highest BCUT2D eigenvalue weighted by atomic mass is 35.5. The van der Waals surface area contributed by atoms with Gasteiger partial charge in [0.25, 0.3) is 5.91 Å². The second kappa shape index (κ2) is 6.61. The fraction of sp³-hybridized carbons (Fsp3) is 0.0500. The summed E-state index contributed by atoms with van der Waals surface area (Å²) < 4.78 is 1.73. The first-order valence-electron chi connectivity index (χ1n) is 8.08. The summed E-state index contributed by atoms with van der Waals surface area (Å²) in [5.74, 6) is -0.123. The lowest BCUT2D eigenvalue weighted by Gasteiger charge is -2.04. The molecule has 2 aromatic heterocycles. The first-order valence-corrected chi connectivity index (χ1v) is 8.46. The standard InChI is InChI=1S/C20H15ClN4O/c1-22-20(26)15-4-2-3-14(9-15)18-10-17-11-19(24-25(17)12-23-18)13-5-7-16(21)8-6-13/h2-12H,1H3,(H,22,26). The number of hydrogen-bond donors (Lipinski definition) is 1. The largest absolute Gasteiger partial charge is 0.355 e. The van der Waals surface area contributed by atoms with Crippen molar-refractivity contribution >= 4 is 23.0 Å². The van der Waals surface area contributed by atoms with E-state index in [9.17, 15) is 4.79 Å². The molecule has 4 aromatic rings. The highest BCUT2D eigenvalue weighted by Crippen LogP contribution is 2.24. The second-order valence-electron chi connectivity index (χ2n) is 5.84. The summed E-state index contributed by atoms with van der Waals surface area (Å²) >= 11 is 5.95. The molecule has 2 aromatic carbocycles. The third-order valence-corrected chi connectivity index (χ3v) is 4.39. The van der Waals surface area contributed by atoms with Crippen LogP contribution in [-0.2, 0) is 0 Å². The Kier molecular flexibility index (Phi) is 4.14. The van der Waals surface area contributed by atoms with E-state index in [-0.39, 0.29) is 5.91 Å². The minimum absolute atomic E-state index is 0.123. The Morgan fingerprint density at radius 1 is 1.00 bits per heavy atom. The molecule has 0 saturated carbocycles. The van der Waals surface area contributed by atoms with E-state index >= 15 is 0 Å². The number of fused-ring (bicyclic) bond motifs is 1. The maximum Gasteiger partial charge on any atom is 0.251 e. The predicted molar refractivity (Wildman–Crippen MR) is 102 cm³/mol. The zero-order chi connectivity index (χ0) is 18.1. The molecule has 6 heteroatoms. The monoisotopic (exact) mass is 362 g/mol. The van der Waals surface area contributed by atoms with Crippen LogP contribution in [0, 0.1) is 0 Å². The van der Waals surface area contributed by atoms with Gasteiger partial charge >= 0.3 is 0 Å². The van der Waals surface area contributed by atoms with E-state index in [2.05, 4.69) is 15.4 Å². The summed E-state index contributed by atoms with van der Waals surface area (Å²) in [5, 5.41) is 7.88. The van der Waals surface area contributed by atoms with Crippen molar-refractivity contribution in [1.29, 1.82) is 0 Å². The number of carbonyl (C=O) groups is 1. The summed E-state index contributed by atoms with van der Waals surface area (Å²) in [4.78, 5) is 16.3. The van der Waals surface area contributed by atoms with Crippen molar-refractivity contribution in [3.63, 3.8) is 0 Å². The number of nitrogens with one attached hydrogen (secondary N) is 1. The molecule has 0 saturated heterocycles. The molecule has 0 radical (unpaired) electrons. The van der Waals surface area contributed by atoms with Crippen molar-refractivity contribution in [3.05, 3.63) is 77.6 Å². The number of hydrogen-bond acceptors (Lipinski definition) is 3. The molecule has 0 atom stereocenters. The first-order chi connectivity index (χ1) is 12.6. The molecule has 0 bridgehead atoms. The summed E-state index contributed by atoms with van der Waals surface area (Å²) in [6.07, 6.45) is 1.68. The van der Waals surface area contributed by atoms with Crippen LogP contribution in [0.1, 0.15) is 10.4 Å². The van der Waals surface area contributed by atoms with Crippen LogP contribution in [0.5, 0.6) is 0 Å². The average molecular weight is 363 g/mol. The number of nitrogens with zero attached hydrogens (tertiary/aromatic N) is 3. The number of aromatic nitrogens is 3. The third-order valence-electron chi connectivity index (χ3n) is 4.14. The van der Waals surface area contributed by atoms with E-state index in [1.807, 2.05) is 54.6 Å². The van der Waals surface area contributed by atoms with Crippen molar-refractivity contribution in [3.8, 4) is 22.5 Å². The Bertz CT molecular complexity index is 1100. The summed E-state index contributed by atoms with van der Waals surface area (Å²) in [6.45, 7) is 0. The normalized spacial score (nSPS) is 10.8. The topological polar surface area (TPSA) is 59.3 Å². The highest BCUT2D eigenvalue weighted by molar-refractivity contribution is 6.30. The van der Waals surface area contributed by atoms with Gasteiger partial charge in [-0.3, -0.25) is 4.79 Å². The van der Waals surface area contributed by atoms with E-state index in [1.54, 1.807) is 24.0 Å². The van der Waals surface area contributed by atoms with Crippen molar-refractivity contribution in [2.75, 3.05) is 7.05 Å². The van der Waals surface area contributed by atoms with Gasteiger partial charge in [-0.15, -0.1) is 0 Å². The summed E-state index contributed by atoms with van der Waals surface area (Å²) in [7, 11) is 1.61. The molecule has 0 aliphatic heterocycles. The SMILES string of the molecule is CNC(=O)c1cccc(-c2cc3cc(-c4ccc(Cl)cc4)nn3cn2)c1. The number of rotatable bonds is 3. The maximum absolute atomic E-state index is 11.8. The molecule has 1 amide bonds. The Morgan fingerprint density at radius 3 is 2.54 bits per heavy atom. The predicted octanol–water partition coefficient (Wildman–Crippen LogP) is 4.08. The van der Waals surface area contributed by atoms with Crippen LogP contribution < -0.4 is 5.32 Å². The number of halogens is 1. The van der Waals surface area contributed by atoms with Crippen LogP contribution >= 0.6 is 11.6 Å². The zero-order valence-electron chi connectivity index (χ0n) is 14.0. The zero-order valence-corrected chi connectivity index (χ0v) is 14.7. The Labute approximate surface area is 155 Å². The Morgan fingerprint density at radius 2 is 1.77 bits per heavy atom. The average Bonchev–Trinajstić information content (AvgIpc) is 3.11. The molecule has 0 fully saturated rings. The van der Waals surface area contributed by atoms with Gasteiger partial charge < -0.3 is 5.32 Å². The van der Waals surface area contributed by atoms with Gasteiger partial charge in [0, 0.05) is 28.8 Å². The molecule has 4 rings (SSSR count). The van der Waals surface area contributed by atoms with E-state index in [0.29, 0.717) is 10.6 Å². The van der Waals surface area contributed by atoms with Gasteiger partial charge in [0.15, 0.2) is 0 Å². The number of carbonyl (C=O) groups excluding carboxylic acids is 1. The van der Waals surface area contributed by atoms with Crippen molar-refractivity contribution in [1.82, 2.24) is 19.9 Å². The van der Waals surface area contributed by atoms with Crippen molar-refractivity contribution in [2.24, 2.45) is 0 Å². The van der Waals surface area contributed by atoms with E-state index in [1.165, 1.54) is 0 Å². The van der Waals surface area contributed by atoms with Gasteiger partial charge in [0.2, 0.25) is 0 Å². The molecule has 1 N–H and O–H groups in total. The van der Waals surface area contributed by atoms with Gasteiger partial charge in [-0.1, -0.05) is 35.9 Å². The fourth-order valence-electron chi connectivity index (χ4n) is 2.79. The molecule has 5 nitrogen and oxygen atoms in total. The van der Waals surface area contributed by atoms with Crippen LogP contribution in [0.15, 0.2) is 67.0 Å². The van der Waals surface area contributed by atoms with Gasteiger partial charge in [0.05, 0.1) is 16.9 Å². The highest BCUT2D eigenvalue weighted by Gasteiger charge is 2.09. The van der Waals surface area contributed by atoms with Gasteiger partial charge in [-0.25, -0.2) is 9.50 Å². The number of benzene rings is 2. The minimum atomic E-state index is -0.123. The summed E-state index contributed by atoms with van der Waals surface area (Å²) in [6, 6.07) is 18.9. The van der Waals surface area contributed by atoms with Gasteiger partial charge in [-0.05, 0) is 36.4 Å². The lowest BCUT2D eigenvalue weighted by Crippen LogP contribution is -2.17. The lowest BCUT2D eigenvalue weighted by molar-refractivity contribution is 0.0963. The molecular weight excluding hydrogens is 348 g/mol. The van der Waals surface area contributed by atoms with E-state index < -0.39 is 0 Å². The molecular formula is C20H15ClN4O. The lowest BCUT2D eigenvalue weighted by atomic mass is 10.1. The molecule has 128 valence electrons. The van der Waals surface area contributed by atoms with Crippen molar-refractivity contribution in [2.45, 2.75) is 0 Å². The van der Waals surface area contributed by atoms with Crippen LogP contribution in [0.4, 0.5) is 0 Å². The van der Waals surface area contributed by atoms with Crippen LogP contribution in [0.2, 0.25) is 5.02 Å². The minimum Gasteiger partial charge on any atom is -0.355 e. The van der Waals surface area contributed by atoms with Crippen LogP contribution in [0.3, 0.4) is 0 Å². The van der Waals surface area contributed by atoms with Crippen LogP contribution in [-0.4, -0.2) is 27.6 Å². The second-order valence-corrected chi connectivity index (χ2v) is 6.28. The summed E-state index contributed by atoms with van der Waals surface area (Å²) in [5.41, 5.74) is 5.02. The quantitative estimate of drug-likeness (QED) is 0.597. The molecule has 0 unspecified atom stereocenters. The smallest absolute Gasteiger partial charge is 0.251 e.